The zero-order valence-electron chi connectivity index (χ0n) is 10.9. The van der Waals surface area contributed by atoms with Gasteiger partial charge in [-0.15, -0.1) is 24.0 Å². The number of rotatable bonds is 7. The molecule has 0 aliphatic heterocycles. The van der Waals surface area contributed by atoms with Gasteiger partial charge in [0.2, 0.25) is 0 Å². The second-order valence-electron chi connectivity index (χ2n) is 3.65. The van der Waals surface area contributed by atoms with E-state index in [1.165, 1.54) is 0 Å². The van der Waals surface area contributed by atoms with Crippen LogP contribution in [0, 0.1) is 0 Å². The van der Waals surface area contributed by atoms with Crippen molar-refractivity contribution in [1.82, 2.24) is 10.3 Å². The minimum Gasteiger partial charge on any atom is -0.382 e. The summed E-state index contributed by atoms with van der Waals surface area (Å²) < 4.78 is 5.21. The molecular weight excluding hydrogens is 379 g/mol. The predicted molar refractivity (Wildman–Crippen MR) is 89.1 cm³/mol. The Labute approximate surface area is 136 Å². The maximum atomic E-state index is 5.74. The Hall–Kier alpha value is -0.600. The summed E-state index contributed by atoms with van der Waals surface area (Å²) in [6.45, 7) is 4.65. The summed E-state index contributed by atoms with van der Waals surface area (Å²) in [5.41, 5.74) is 6.54. The first kappa shape index (κ1) is 18.4. The van der Waals surface area contributed by atoms with Crippen LogP contribution in [0.4, 0.5) is 0 Å². The maximum Gasteiger partial charge on any atom is 0.188 e. The number of nitrogens with zero attached hydrogens (tertiary/aromatic N) is 2. The van der Waals surface area contributed by atoms with Crippen LogP contribution >= 0.6 is 35.6 Å². The highest BCUT2D eigenvalue weighted by molar-refractivity contribution is 14.0. The molecule has 0 bridgehead atoms. The highest BCUT2D eigenvalue weighted by Crippen LogP contribution is 2.06. The molecule has 0 amide bonds. The summed E-state index contributed by atoms with van der Waals surface area (Å²) in [7, 11) is 0. The van der Waals surface area contributed by atoms with Gasteiger partial charge in [-0.2, -0.15) is 0 Å². The average molecular weight is 399 g/mol. The molecule has 0 aliphatic carbocycles. The van der Waals surface area contributed by atoms with Gasteiger partial charge in [0.15, 0.2) is 5.96 Å². The van der Waals surface area contributed by atoms with Crippen molar-refractivity contribution in [2.75, 3.05) is 19.8 Å². The molecule has 0 radical (unpaired) electrons. The summed E-state index contributed by atoms with van der Waals surface area (Å²) in [5, 5.41) is 3.63. The lowest BCUT2D eigenvalue weighted by atomic mass is 10.3. The highest BCUT2D eigenvalue weighted by atomic mass is 127. The Kier molecular flexibility index (Phi) is 10.9. The van der Waals surface area contributed by atoms with Gasteiger partial charge >= 0.3 is 0 Å². The maximum absolute atomic E-state index is 5.74. The lowest BCUT2D eigenvalue weighted by Gasteiger charge is -2.05. The predicted octanol–water partition coefficient (Wildman–Crippen LogP) is 2.18. The van der Waals surface area contributed by atoms with Crippen molar-refractivity contribution in [3.8, 4) is 0 Å². The number of nitrogens with two attached hydrogens (primary N) is 1. The molecule has 7 heteroatoms. The Morgan fingerprint density at radius 3 is 2.95 bits per heavy atom. The lowest BCUT2D eigenvalue weighted by molar-refractivity contribution is 0.145. The Morgan fingerprint density at radius 2 is 2.32 bits per heavy atom. The van der Waals surface area contributed by atoms with Crippen molar-refractivity contribution in [1.29, 1.82) is 0 Å². The third-order valence-electron chi connectivity index (χ3n) is 2.18. The number of halogens is 2. The third-order valence-corrected chi connectivity index (χ3v) is 2.40. The van der Waals surface area contributed by atoms with E-state index in [1.807, 2.05) is 13.0 Å². The van der Waals surface area contributed by atoms with E-state index in [9.17, 15) is 0 Å². The minimum atomic E-state index is 0. The number of hydrogen-bond donors (Lipinski definition) is 2. The fourth-order valence-electron chi connectivity index (χ4n) is 1.26. The number of pyridine rings is 1. The number of nitrogens with one attached hydrogen (secondary N) is 1. The lowest BCUT2D eigenvalue weighted by Crippen LogP contribution is -2.32. The summed E-state index contributed by atoms with van der Waals surface area (Å²) in [5.74, 6) is 0.420. The van der Waals surface area contributed by atoms with E-state index in [0.717, 1.165) is 31.9 Å². The van der Waals surface area contributed by atoms with Gasteiger partial charge in [-0.1, -0.05) is 11.6 Å². The molecule has 0 unspecified atom stereocenters. The Morgan fingerprint density at radius 1 is 1.53 bits per heavy atom. The molecule has 1 heterocycles. The van der Waals surface area contributed by atoms with Gasteiger partial charge < -0.3 is 15.8 Å². The van der Waals surface area contributed by atoms with Crippen LogP contribution in [0.15, 0.2) is 23.3 Å². The molecule has 0 saturated heterocycles. The highest BCUT2D eigenvalue weighted by Gasteiger charge is 1.95. The van der Waals surface area contributed by atoms with Crippen molar-refractivity contribution in [2.24, 2.45) is 10.7 Å². The first-order valence-electron chi connectivity index (χ1n) is 5.94. The summed E-state index contributed by atoms with van der Waals surface area (Å²) in [6.07, 6.45) is 2.50. The summed E-state index contributed by atoms with van der Waals surface area (Å²) >= 11 is 5.74. The number of aliphatic imine (C=N–C) groups is 1. The Balaban J connectivity index is 0.00000324. The number of hydrogen-bond acceptors (Lipinski definition) is 3. The summed E-state index contributed by atoms with van der Waals surface area (Å²) in [4.78, 5) is 8.31. The van der Waals surface area contributed by atoms with Crippen molar-refractivity contribution in [3.05, 3.63) is 29.0 Å². The fourth-order valence-corrected chi connectivity index (χ4v) is 1.37. The van der Waals surface area contributed by atoms with Gasteiger partial charge in [0.25, 0.3) is 0 Å². The molecule has 0 aliphatic rings. The van der Waals surface area contributed by atoms with Gasteiger partial charge in [-0.25, -0.2) is 4.99 Å². The number of aromatic nitrogens is 1. The average Bonchev–Trinajstić information content (AvgIpc) is 2.38. The zero-order chi connectivity index (χ0) is 13.2. The molecule has 108 valence electrons. The van der Waals surface area contributed by atoms with Gasteiger partial charge in [0, 0.05) is 26.0 Å². The molecular formula is C12H20ClIN4O. The van der Waals surface area contributed by atoms with Gasteiger partial charge in [-0.3, -0.25) is 4.98 Å². The Bertz CT molecular complexity index is 372. The van der Waals surface area contributed by atoms with Gasteiger partial charge in [-0.05, 0) is 25.5 Å². The van der Waals surface area contributed by atoms with E-state index in [1.54, 1.807) is 12.3 Å². The van der Waals surface area contributed by atoms with Crippen molar-refractivity contribution in [2.45, 2.75) is 19.9 Å². The van der Waals surface area contributed by atoms with E-state index in [-0.39, 0.29) is 24.0 Å². The van der Waals surface area contributed by atoms with Crippen LogP contribution in [-0.2, 0) is 11.3 Å². The number of ether oxygens (including phenoxy) is 1. The quantitative estimate of drug-likeness (QED) is 0.320. The fraction of sp³-hybridized carbons (Fsp3) is 0.500. The minimum absolute atomic E-state index is 0. The second kappa shape index (κ2) is 11.2. The van der Waals surface area contributed by atoms with E-state index < -0.39 is 0 Å². The van der Waals surface area contributed by atoms with Crippen molar-refractivity contribution >= 4 is 41.5 Å². The standard InChI is InChI=1S/C12H19ClN4O.HI/c1-2-18-7-3-6-15-12(14)17-9-11-5-4-10(13)8-16-11;/h4-5,8H,2-3,6-7,9H2,1H3,(H3,14,15,17);1H. The largest absolute Gasteiger partial charge is 0.382 e. The van der Waals surface area contributed by atoms with Crippen LogP contribution in [0.2, 0.25) is 5.02 Å². The van der Waals surface area contributed by atoms with Crippen LogP contribution in [0.5, 0.6) is 0 Å². The molecule has 1 rings (SSSR count). The van der Waals surface area contributed by atoms with Crippen LogP contribution in [0.1, 0.15) is 19.0 Å². The third kappa shape index (κ3) is 9.01. The SMILES string of the molecule is CCOCCCNC(N)=NCc1ccc(Cl)cn1.I. The van der Waals surface area contributed by atoms with E-state index in [0.29, 0.717) is 17.5 Å². The first-order valence-corrected chi connectivity index (χ1v) is 6.32. The molecule has 0 aromatic carbocycles. The number of guanidine groups is 1. The normalized spacial score (nSPS) is 10.9. The molecule has 19 heavy (non-hydrogen) atoms. The van der Waals surface area contributed by atoms with Crippen molar-refractivity contribution < 1.29 is 4.74 Å². The second-order valence-corrected chi connectivity index (χ2v) is 4.08. The van der Waals surface area contributed by atoms with Gasteiger partial charge in [0.1, 0.15) is 0 Å². The molecule has 1 aromatic rings. The topological polar surface area (TPSA) is 72.5 Å². The smallest absolute Gasteiger partial charge is 0.188 e. The van der Waals surface area contributed by atoms with Crippen LogP contribution in [0.25, 0.3) is 0 Å². The first-order chi connectivity index (χ1) is 8.72. The van der Waals surface area contributed by atoms with Crippen LogP contribution < -0.4 is 11.1 Å². The molecule has 0 fully saturated rings. The van der Waals surface area contributed by atoms with E-state index in [2.05, 4.69) is 15.3 Å². The van der Waals surface area contributed by atoms with Crippen LogP contribution in [0.3, 0.4) is 0 Å². The van der Waals surface area contributed by atoms with Gasteiger partial charge in [0.05, 0.1) is 17.3 Å². The summed E-state index contributed by atoms with van der Waals surface area (Å²) in [6, 6.07) is 3.61. The van der Waals surface area contributed by atoms with E-state index >= 15 is 0 Å². The molecule has 1 aromatic heterocycles. The molecule has 5 nitrogen and oxygen atoms in total. The van der Waals surface area contributed by atoms with Crippen LogP contribution in [-0.4, -0.2) is 30.7 Å². The molecule has 0 saturated carbocycles. The zero-order valence-corrected chi connectivity index (χ0v) is 14.0. The molecule has 0 spiro atoms. The molecule has 3 N–H and O–H groups in total. The monoisotopic (exact) mass is 398 g/mol. The van der Waals surface area contributed by atoms with E-state index in [4.69, 9.17) is 22.1 Å². The molecule has 0 atom stereocenters. The van der Waals surface area contributed by atoms with Crippen molar-refractivity contribution in [3.63, 3.8) is 0 Å².